The molecule has 0 saturated heterocycles. The molecule has 1 saturated carbocycles. The van der Waals surface area contributed by atoms with E-state index >= 15 is 0 Å². The molecule has 1 aliphatic rings. The maximum atomic E-state index is 10.6. The molecule has 3 aromatic rings. The van der Waals surface area contributed by atoms with E-state index in [9.17, 15) is 4.79 Å². The number of aromatic nitrogens is 2. The van der Waals surface area contributed by atoms with Gasteiger partial charge < -0.3 is 15.7 Å². The van der Waals surface area contributed by atoms with Crippen molar-refractivity contribution in [2.45, 2.75) is 25.7 Å². The molecule has 1 fully saturated rings. The molecule has 146 valence electrons. The molecule has 1 aromatic carbocycles. The zero-order valence-corrected chi connectivity index (χ0v) is 16.4. The van der Waals surface area contributed by atoms with Gasteiger partial charge in [0.1, 0.15) is 0 Å². The van der Waals surface area contributed by atoms with E-state index in [-0.39, 0.29) is 0 Å². The van der Waals surface area contributed by atoms with Crippen molar-refractivity contribution >= 4 is 33.5 Å². The van der Waals surface area contributed by atoms with E-state index in [1.807, 2.05) is 12.3 Å². The van der Waals surface area contributed by atoms with Crippen molar-refractivity contribution in [3.8, 4) is 10.6 Å². The number of anilines is 1. The molecule has 2 aromatic heterocycles. The first-order valence-electron chi connectivity index (χ1n) is 9.70. The van der Waals surface area contributed by atoms with Crippen LogP contribution in [-0.4, -0.2) is 34.3 Å². The highest BCUT2D eigenvalue weighted by atomic mass is 32.1. The Bertz CT molecular complexity index is 917. The van der Waals surface area contributed by atoms with Crippen LogP contribution in [0.4, 0.5) is 10.7 Å². The number of nitrogens with one attached hydrogen (secondary N) is 2. The molecule has 0 aliphatic heterocycles. The molecular weight excluding hydrogens is 372 g/mol. The molecule has 2 heterocycles. The molecule has 0 radical (unpaired) electrons. The van der Waals surface area contributed by atoms with Crippen LogP contribution in [0.1, 0.15) is 25.7 Å². The van der Waals surface area contributed by atoms with Gasteiger partial charge in [0.15, 0.2) is 0 Å². The smallest absolute Gasteiger partial charge is 0.404 e. The number of carbonyl (C=O) groups is 1. The number of carboxylic acid groups (broad SMARTS) is 1. The minimum absolute atomic E-state index is 0.458. The van der Waals surface area contributed by atoms with E-state index in [0.29, 0.717) is 24.3 Å². The zero-order chi connectivity index (χ0) is 19.3. The van der Waals surface area contributed by atoms with Crippen molar-refractivity contribution < 1.29 is 9.90 Å². The molecular formula is C21H24N4O2S. The number of benzene rings is 1. The Morgan fingerprint density at radius 3 is 2.61 bits per heavy atom. The molecule has 3 N–H and O–H groups in total. The maximum absolute atomic E-state index is 10.6. The van der Waals surface area contributed by atoms with Crippen LogP contribution >= 0.6 is 11.3 Å². The van der Waals surface area contributed by atoms with Crippen LogP contribution in [-0.2, 0) is 0 Å². The SMILES string of the molecule is O=C(O)NCC1CCC(CNc2nccc(-c3cc4ccccc4s3)n2)CC1. The number of rotatable bonds is 6. The Morgan fingerprint density at radius 1 is 1.11 bits per heavy atom. The summed E-state index contributed by atoms with van der Waals surface area (Å²) in [5.41, 5.74) is 0.946. The zero-order valence-electron chi connectivity index (χ0n) is 15.6. The highest BCUT2D eigenvalue weighted by Crippen LogP contribution is 2.33. The van der Waals surface area contributed by atoms with E-state index in [0.717, 1.165) is 42.8 Å². The second kappa shape index (κ2) is 8.56. The Morgan fingerprint density at radius 2 is 1.86 bits per heavy atom. The first-order valence-corrected chi connectivity index (χ1v) is 10.5. The summed E-state index contributed by atoms with van der Waals surface area (Å²) in [6.07, 6.45) is 5.22. The summed E-state index contributed by atoms with van der Waals surface area (Å²) < 4.78 is 1.26. The predicted octanol–water partition coefficient (Wildman–Crippen LogP) is 4.84. The number of fused-ring (bicyclic) bond motifs is 1. The lowest BCUT2D eigenvalue weighted by molar-refractivity contribution is 0.188. The van der Waals surface area contributed by atoms with Gasteiger partial charge in [0, 0.05) is 24.0 Å². The van der Waals surface area contributed by atoms with Crippen LogP contribution in [0.3, 0.4) is 0 Å². The highest BCUT2D eigenvalue weighted by Gasteiger charge is 2.21. The van der Waals surface area contributed by atoms with Gasteiger partial charge in [0.25, 0.3) is 0 Å². The van der Waals surface area contributed by atoms with Gasteiger partial charge in [0.2, 0.25) is 5.95 Å². The van der Waals surface area contributed by atoms with Crippen molar-refractivity contribution in [2.24, 2.45) is 11.8 Å². The lowest BCUT2D eigenvalue weighted by Crippen LogP contribution is -2.31. The summed E-state index contributed by atoms with van der Waals surface area (Å²) in [5, 5.41) is 15.9. The molecule has 7 heteroatoms. The highest BCUT2D eigenvalue weighted by molar-refractivity contribution is 7.22. The van der Waals surface area contributed by atoms with Crippen LogP contribution in [0, 0.1) is 11.8 Å². The Labute approximate surface area is 168 Å². The van der Waals surface area contributed by atoms with Gasteiger partial charge in [-0.15, -0.1) is 11.3 Å². The summed E-state index contributed by atoms with van der Waals surface area (Å²) in [5.74, 6) is 1.71. The van der Waals surface area contributed by atoms with Crippen molar-refractivity contribution in [1.29, 1.82) is 0 Å². The summed E-state index contributed by atoms with van der Waals surface area (Å²) in [4.78, 5) is 20.8. The maximum Gasteiger partial charge on any atom is 0.404 e. The van der Waals surface area contributed by atoms with Crippen molar-refractivity contribution in [3.05, 3.63) is 42.6 Å². The Kier molecular flexibility index (Phi) is 5.71. The fourth-order valence-electron chi connectivity index (χ4n) is 3.80. The van der Waals surface area contributed by atoms with E-state index in [4.69, 9.17) is 10.1 Å². The second-order valence-electron chi connectivity index (χ2n) is 7.37. The van der Waals surface area contributed by atoms with Gasteiger partial charge in [-0.2, -0.15) is 0 Å². The molecule has 28 heavy (non-hydrogen) atoms. The van der Waals surface area contributed by atoms with E-state index < -0.39 is 6.09 Å². The first kappa shape index (κ1) is 18.7. The molecule has 1 aliphatic carbocycles. The van der Waals surface area contributed by atoms with Gasteiger partial charge in [-0.3, -0.25) is 0 Å². The third-order valence-corrected chi connectivity index (χ3v) is 6.53. The molecule has 6 nitrogen and oxygen atoms in total. The van der Waals surface area contributed by atoms with Gasteiger partial charge in [0.05, 0.1) is 10.6 Å². The number of amides is 1. The Hall–Kier alpha value is -2.67. The summed E-state index contributed by atoms with van der Waals surface area (Å²) >= 11 is 1.75. The molecule has 0 bridgehead atoms. The number of nitrogens with zero attached hydrogens (tertiary/aromatic N) is 2. The van der Waals surface area contributed by atoms with Gasteiger partial charge in [-0.25, -0.2) is 14.8 Å². The molecule has 0 unspecified atom stereocenters. The average Bonchev–Trinajstić information content (AvgIpc) is 3.16. The number of hydrogen-bond acceptors (Lipinski definition) is 5. The monoisotopic (exact) mass is 396 g/mol. The Balaban J connectivity index is 1.32. The quantitative estimate of drug-likeness (QED) is 0.555. The van der Waals surface area contributed by atoms with Crippen molar-refractivity contribution in [2.75, 3.05) is 18.4 Å². The number of hydrogen-bond donors (Lipinski definition) is 3. The molecule has 0 atom stereocenters. The topological polar surface area (TPSA) is 87.1 Å². The van der Waals surface area contributed by atoms with Gasteiger partial charge >= 0.3 is 6.09 Å². The third kappa shape index (κ3) is 4.59. The lowest BCUT2D eigenvalue weighted by atomic mass is 9.82. The van der Waals surface area contributed by atoms with E-state index in [1.165, 1.54) is 10.1 Å². The summed E-state index contributed by atoms with van der Waals surface area (Å²) in [6, 6.07) is 12.5. The predicted molar refractivity (Wildman–Crippen MR) is 113 cm³/mol. The van der Waals surface area contributed by atoms with E-state index in [1.54, 1.807) is 11.3 Å². The normalized spacial score (nSPS) is 19.4. The largest absolute Gasteiger partial charge is 0.465 e. The van der Waals surface area contributed by atoms with Crippen LogP contribution in [0.15, 0.2) is 42.6 Å². The van der Waals surface area contributed by atoms with Crippen LogP contribution in [0.25, 0.3) is 20.7 Å². The third-order valence-electron chi connectivity index (χ3n) is 5.39. The van der Waals surface area contributed by atoms with Crippen LogP contribution < -0.4 is 10.6 Å². The standard InChI is InChI=1S/C21H24N4O2S/c26-21(27)24-13-15-7-5-14(6-8-15)12-23-20-22-10-9-17(25-20)19-11-16-3-1-2-4-18(16)28-19/h1-4,9-11,14-15,24H,5-8,12-13H2,(H,26,27)(H,22,23,25). The van der Waals surface area contributed by atoms with Crippen molar-refractivity contribution in [3.63, 3.8) is 0 Å². The lowest BCUT2D eigenvalue weighted by Gasteiger charge is -2.28. The molecule has 1 amide bonds. The molecule has 0 spiro atoms. The summed E-state index contributed by atoms with van der Waals surface area (Å²) in [6.45, 7) is 1.42. The minimum Gasteiger partial charge on any atom is -0.465 e. The van der Waals surface area contributed by atoms with Gasteiger partial charge in [-0.05, 0) is 61.1 Å². The molecule has 4 rings (SSSR count). The average molecular weight is 397 g/mol. The first-order chi connectivity index (χ1) is 13.7. The van der Waals surface area contributed by atoms with Crippen molar-refractivity contribution in [1.82, 2.24) is 15.3 Å². The summed E-state index contributed by atoms with van der Waals surface area (Å²) in [7, 11) is 0. The number of thiophene rings is 1. The second-order valence-corrected chi connectivity index (χ2v) is 8.45. The van der Waals surface area contributed by atoms with Gasteiger partial charge in [-0.1, -0.05) is 18.2 Å². The fraction of sp³-hybridized carbons (Fsp3) is 0.381. The fourth-order valence-corrected chi connectivity index (χ4v) is 4.83. The van der Waals surface area contributed by atoms with Crippen LogP contribution in [0.5, 0.6) is 0 Å². The van der Waals surface area contributed by atoms with Crippen LogP contribution in [0.2, 0.25) is 0 Å². The minimum atomic E-state index is -0.931. The van der Waals surface area contributed by atoms with E-state index in [2.05, 4.69) is 45.9 Å².